The number of benzene rings is 4. The molecule has 0 N–H and O–H groups in total. The Kier molecular flexibility index (Phi) is 10.8. The maximum Gasteiger partial charge on any atom is 0.573 e. The van der Waals surface area contributed by atoms with Crippen molar-refractivity contribution in [2.45, 2.75) is 76.7 Å². The lowest BCUT2D eigenvalue weighted by molar-refractivity contribution is -0.274. The van der Waals surface area contributed by atoms with Crippen molar-refractivity contribution >= 4 is 0 Å². The minimum absolute atomic E-state index is 0.139. The third-order valence-electron chi connectivity index (χ3n) is 8.81. The molecule has 2 nitrogen and oxygen atoms in total. The van der Waals surface area contributed by atoms with Gasteiger partial charge in [-0.15, -0.1) is 13.2 Å². The first-order chi connectivity index (χ1) is 23.1. The second-order valence-corrected chi connectivity index (χ2v) is 12.2. The molecule has 4 aromatic carbocycles. The highest BCUT2D eigenvalue weighted by atomic mass is 19.4. The predicted molar refractivity (Wildman–Crippen MR) is 164 cm³/mol. The molecule has 5 rings (SSSR count). The molecule has 1 aliphatic rings. The first-order valence-electron chi connectivity index (χ1n) is 15.9. The van der Waals surface area contributed by atoms with Gasteiger partial charge in [-0.05, 0) is 103 Å². The smallest absolute Gasteiger partial charge is 0.429 e. The van der Waals surface area contributed by atoms with E-state index in [1.54, 1.807) is 0 Å². The number of rotatable bonds is 11. The molecule has 0 aliphatic heterocycles. The fourth-order valence-corrected chi connectivity index (χ4v) is 6.39. The zero-order valence-electron chi connectivity index (χ0n) is 26.3. The minimum Gasteiger partial charge on any atom is -0.429 e. The second-order valence-electron chi connectivity index (χ2n) is 12.2. The van der Waals surface area contributed by atoms with Crippen LogP contribution in [0.3, 0.4) is 0 Å². The SMILES string of the molecule is CCCCCC1CCC(c2cc(F)c(C(F)(F)Oc3ccc(-c4cc(F)c(-c5ccc(OC(F)(F)F)cc5)c(F)c4)c(F)c3)c(F)c2)CC1. The molecule has 0 radical (unpaired) electrons. The Bertz CT molecular complexity index is 1710. The first-order valence-corrected chi connectivity index (χ1v) is 15.9. The van der Waals surface area contributed by atoms with Crippen LogP contribution < -0.4 is 9.47 Å². The van der Waals surface area contributed by atoms with Gasteiger partial charge in [0, 0.05) is 11.6 Å². The number of halogens is 10. The van der Waals surface area contributed by atoms with Crippen LogP contribution in [0.15, 0.2) is 66.7 Å². The van der Waals surface area contributed by atoms with Crippen LogP contribution in [0.5, 0.6) is 11.5 Å². The fraction of sp³-hybridized carbons (Fsp3) is 0.351. The number of ether oxygens (including phenoxy) is 2. The number of alkyl halides is 5. The van der Waals surface area contributed by atoms with Crippen molar-refractivity contribution in [1.82, 2.24) is 0 Å². The summed E-state index contributed by atoms with van der Waals surface area (Å²) in [5, 5.41) is 0. The monoisotopic (exact) mass is 698 g/mol. The van der Waals surface area contributed by atoms with Crippen molar-refractivity contribution in [3.8, 4) is 33.8 Å². The number of hydrogen-bond acceptors (Lipinski definition) is 2. The maximum absolute atomic E-state index is 15.1. The second kappa shape index (κ2) is 14.7. The Morgan fingerprint density at radius 3 is 1.76 bits per heavy atom. The Labute approximate surface area is 276 Å². The van der Waals surface area contributed by atoms with E-state index in [1.165, 1.54) is 0 Å². The highest BCUT2D eigenvalue weighted by Gasteiger charge is 2.42. The van der Waals surface area contributed by atoms with Crippen LogP contribution in [-0.2, 0) is 6.11 Å². The van der Waals surface area contributed by atoms with Crippen LogP contribution in [0.2, 0.25) is 0 Å². The van der Waals surface area contributed by atoms with Crippen LogP contribution in [0.25, 0.3) is 22.3 Å². The lowest BCUT2D eigenvalue weighted by Crippen LogP contribution is -2.26. The minimum atomic E-state index is -4.97. The van der Waals surface area contributed by atoms with Crippen LogP contribution in [0, 0.1) is 35.0 Å². The fourth-order valence-electron chi connectivity index (χ4n) is 6.39. The standard InChI is InChI=1S/C37H32F10O2/c1-2-3-4-5-21-6-8-22(9-7-21)24-16-32(41)35(33(42)17-24)36(43,44)48-27-14-15-28(29(38)20-27)25-18-30(39)34(31(40)19-25)23-10-12-26(13-11-23)49-37(45,46)47/h10-22H,2-9H2,1H3. The normalized spacial score (nSPS) is 16.9. The van der Waals surface area contributed by atoms with Gasteiger partial charge in [-0.2, -0.15) is 8.78 Å². The highest BCUT2D eigenvalue weighted by molar-refractivity contribution is 5.72. The van der Waals surface area contributed by atoms with Gasteiger partial charge in [0.15, 0.2) is 0 Å². The topological polar surface area (TPSA) is 18.5 Å². The van der Waals surface area contributed by atoms with Crippen LogP contribution in [-0.4, -0.2) is 6.36 Å². The van der Waals surface area contributed by atoms with E-state index in [2.05, 4.69) is 16.4 Å². The molecule has 1 saturated carbocycles. The summed E-state index contributed by atoms with van der Waals surface area (Å²) in [6.07, 6.45) is -1.86. The highest BCUT2D eigenvalue weighted by Crippen LogP contribution is 2.42. The van der Waals surface area contributed by atoms with Gasteiger partial charge in [0.1, 0.15) is 46.1 Å². The molecule has 0 atom stereocenters. The van der Waals surface area contributed by atoms with Gasteiger partial charge in [-0.25, -0.2) is 22.0 Å². The van der Waals surface area contributed by atoms with E-state index < -0.39 is 69.7 Å². The van der Waals surface area contributed by atoms with E-state index >= 15 is 30.7 Å². The summed E-state index contributed by atoms with van der Waals surface area (Å²) in [5.74, 6) is -7.69. The van der Waals surface area contributed by atoms with Gasteiger partial charge >= 0.3 is 12.5 Å². The zero-order chi connectivity index (χ0) is 35.5. The van der Waals surface area contributed by atoms with E-state index in [0.29, 0.717) is 24.8 Å². The van der Waals surface area contributed by atoms with Crippen LogP contribution in [0.1, 0.15) is 75.3 Å². The molecule has 1 aliphatic carbocycles. The lowest BCUT2D eigenvalue weighted by Gasteiger charge is -2.29. The van der Waals surface area contributed by atoms with Gasteiger partial charge in [-0.3, -0.25) is 0 Å². The molecule has 0 spiro atoms. The summed E-state index contributed by atoms with van der Waals surface area (Å²) in [5.41, 5.74) is -2.86. The molecular formula is C37H32F10O2. The van der Waals surface area contributed by atoms with Gasteiger partial charge in [0.25, 0.3) is 0 Å². The molecule has 0 heterocycles. The van der Waals surface area contributed by atoms with Crippen molar-refractivity contribution in [2.75, 3.05) is 0 Å². The molecule has 0 unspecified atom stereocenters. The average Bonchev–Trinajstić information content (AvgIpc) is 3.00. The molecule has 0 aromatic heterocycles. The third kappa shape index (κ3) is 8.69. The number of hydrogen-bond donors (Lipinski definition) is 0. The summed E-state index contributed by atoms with van der Waals surface area (Å²) in [7, 11) is 0. The van der Waals surface area contributed by atoms with E-state index in [0.717, 1.165) is 99.2 Å². The average molecular weight is 699 g/mol. The summed E-state index contributed by atoms with van der Waals surface area (Å²) >= 11 is 0. The van der Waals surface area contributed by atoms with Crippen molar-refractivity contribution in [3.63, 3.8) is 0 Å². The van der Waals surface area contributed by atoms with Crippen molar-refractivity contribution in [1.29, 1.82) is 0 Å². The molecule has 0 amide bonds. The zero-order valence-corrected chi connectivity index (χ0v) is 26.3. The van der Waals surface area contributed by atoms with Crippen molar-refractivity contribution in [3.05, 3.63) is 107 Å². The molecule has 0 bridgehead atoms. The van der Waals surface area contributed by atoms with Gasteiger partial charge in [0.05, 0.1) is 5.56 Å². The van der Waals surface area contributed by atoms with Gasteiger partial charge < -0.3 is 9.47 Å². The van der Waals surface area contributed by atoms with Crippen molar-refractivity contribution in [2.24, 2.45) is 5.92 Å². The quantitative estimate of drug-likeness (QED) is 0.115. The molecule has 12 heteroatoms. The van der Waals surface area contributed by atoms with Crippen LogP contribution in [0.4, 0.5) is 43.9 Å². The predicted octanol–water partition coefficient (Wildman–Crippen LogP) is 12.6. The molecule has 0 saturated heterocycles. The van der Waals surface area contributed by atoms with E-state index in [1.807, 2.05) is 0 Å². The van der Waals surface area contributed by atoms with E-state index in [4.69, 9.17) is 0 Å². The van der Waals surface area contributed by atoms with E-state index in [9.17, 15) is 13.2 Å². The molecule has 49 heavy (non-hydrogen) atoms. The lowest BCUT2D eigenvalue weighted by atomic mass is 9.77. The summed E-state index contributed by atoms with van der Waals surface area (Å²) < 4.78 is 151. The molecule has 4 aromatic rings. The summed E-state index contributed by atoms with van der Waals surface area (Å²) in [4.78, 5) is 0. The summed E-state index contributed by atoms with van der Waals surface area (Å²) in [6, 6.07) is 9.20. The van der Waals surface area contributed by atoms with Crippen molar-refractivity contribution < 1.29 is 53.4 Å². The molecular weight excluding hydrogens is 666 g/mol. The maximum atomic E-state index is 15.1. The molecule has 262 valence electrons. The van der Waals surface area contributed by atoms with Gasteiger partial charge in [0.2, 0.25) is 0 Å². The van der Waals surface area contributed by atoms with Gasteiger partial charge in [-0.1, -0.05) is 44.7 Å². The summed E-state index contributed by atoms with van der Waals surface area (Å²) in [6.45, 7) is 2.12. The Balaban J connectivity index is 1.30. The molecule has 1 fully saturated rings. The largest absolute Gasteiger partial charge is 0.573 e. The number of unbranched alkanes of at least 4 members (excludes halogenated alkanes) is 2. The van der Waals surface area contributed by atoms with Crippen LogP contribution >= 0.6 is 0 Å². The Hall–Kier alpha value is -4.22. The Morgan fingerprint density at radius 1 is 0.612 bits per heavy atom. The third-order valence-corrected chi connectivity index (χ3v) is 8.81. The first kappa shape index (κ1) is 36.1. The Morgan fingerprint density at radius 2 is 1.20 bits per heavy atom. The van der Waals surface area contributed by atoms with E-state index in [-0.39, 0.29) is 22.6 Å².